The van der Waals surface area contributed by atoms with E-state index in [2.05, 4.69) is 0 Å². The third-order valence-corrected chi connectivity index (χ3v) is 1.80. The van der Waals surface area contributed by atoms with Crippen LogP contribution >= 0.6 is 0 Å². The van der Waals surface area contributed by atoms with E-state index in [1.807, 2.05) is 0 Å². The van der Waals surface area contributed by atoms with Gasteiger partial charge >= 0.3 is 5.97 Å². The fourth-order valence-electron chi connectivity index (χ4n) is 1.01. The van der Waals surface area contributed by atoms with E-state index in [0.717, 1.165) is 0 Å². The average Bonchev–Trinajstić information content (AvgIpc) is 2.10. The van der Waals surface area contributed by atoms with Gasteiger partial charge in [0, 0.05) is 0 Å². The average molecular weight is 194 g/mol. The highest BCUT2D eigenvalue weighted by Crippen LogP contribution is 2.10. The first-order valence-electron chi connectivity index (χ1n) is 4.24. The quantitative estimate of drug-likeness (QED) is 0.803. The second-order valence-corrected chi connectivity index (χ2v) is 3.01. The second kappa shape index (κ2) is 4.56. The Hall–Kier alpha value is -1.64. The maximum Gasteiger partial charge on any atom is 0.307 e. The van der Waals surface area contributed by atoms with Crippen molar-refractivity contribution in [3.8, 4) is 0 Å². The highest BCUT2D eigenvalue weighted by atomic mass is 19.1. The minimum atomic E-state index is -0.895. The lowest BCUT2D eigenvalue weighted by Crippen LogP contribution is -1.89. The van der Waals surface area contributed by atoms with Gasteiger partial charge in [0.25, 0.3) is 0 Å². The summed E-state index contributed by atoms with van der Waals surface area (Å²) >= 11 is 0. The molecule has 0 aromatic heterocycles. The molecule has 0 unspecified atom stereocenters. The summed E-state index contributed by atoms with van der Waals surface area (Å²) in [7, 11) is 0. The summed E-state index contributed by atoms with van der Waals surface area (Å²) < 4.78 is 13.0. The first-order chi connectivity index (χ1) is 6.59. The molecule has 0 spiro atoms. The zero-order chi connectivity index (χ0) is 10.6. The minimum absolute atomic E-state index is 0.0461. The molecule has 0 saturated heterocycles. The summed E-state index contributed by atoms with van der Waals surface area (Å²) in [6, 6.07) is 4.79. The number of rotatable bonds is 3. The lowest BCUT2D eigenvalue weighted by molar-refractivity contribution is -0.135. The van der Waals surface area contributed by atoms with Crippen molar-refractivity contribution in [2.45, 2.75) is 13.3 Å². The predicted octanol–water partition coefficient (Wildman–Crippen LogP) is 2.62. The largest absolute Gasteiger partial charge is 0.481 e. The second-order valence-electron chi connectivity index (χ2n) is 3.01. The number of carboxylic acid groups (broad SMARTS) is 1. The number of hydrogen-bond donors (Lipinski definition) is 1. The molecular weight excluding hydrogens is 183 g/mol. The van der Waals surface area contributed by atoms with Crippen LogP contribution in [0.25, 0.3) is 6.08 Å². The van der Waals surface area contributed by atoms with Gasteiger partial charge in [-0.25, -0.2) is 4.39 Å². The first-order valence-corrected chi connectivity index (χ1v) is 4.24. The fourth-order valence-corrected chi connectivity index (χ4v) is 1.01. The van der Waals surface area contributed by atoms with Crippen molar-refractivity contribution in [2.75, 3.05) is 0 Å². The van der Waals surface area contributed by atoms with Crippen LogP contribution < -0.4 is 0 Å². The van der Waals surface area contributed by atoms with Crippen molar-refractivity contribution in [3.05, 3.63) is 41.2 Å². The zero-order valence-corrected chi connectivity index (χ0v) is 7.83. The smallest absolute Gasteiger partial charge is 0.307 e. The molecule has 1 aromatic rings. The van der Waals surface area contributed by atoms with Gasteiger partial charge in [0.2, 0.25) is 0 Å². The van der Waals surface area contributed by atoms with Crippen LogP contribution in [0, 0.1) is 12.7 Å². The maximum absolute atomic E-state index is 13.0. The molecule has 74 valence electrons. The van der Waals surface area contributed by atoms with Crippen molar-refractivity contribution < 1.29 is 14.3 Å². The van der Waals surface area contributed by atoms with Crippen LogP contribution in [0.15, 0.2) is 24.3 Å². The molecule has 0 amide bonds. The van der Waals surface area contributed by atoms with Gasteiger partial charge in [-0.2, -0.15) is 0 Å². The molecule has 0 heterocycles. The standard InChI is InChI=1S/C11H11FO2/c1-8-5-6-9(7-10(8)12)3-2-4-11(13)14/h2-3,5-7H,4H2,1H3,(H,13,14)/b3-2+. The summed E-state index contributed by atoms with van der Waals surface area (Å²) in [6.07, 6.45) is 3.04. The monoisotopic (exact) mass is 194 g/mol. The maximum atomic E-state index is 13.0. The molecule has 1 aromatic carbocycles. The molecule has 0 fully saturated rings. The van der Waals surface area contributed by atoms with Gasteiger partial charge in [-0.15, -0.1) is 0 Å². The van der Waals surface area contributed by atoms with Gasteiger partial charge < -0.3 is 5.11 Å². The molecule has 1 N–H and O–H groups in total. The Balaban J connectivity index is 2.73. The summed E-state index contributed by atoms with van der Waals surface area (Å²) in [6.45, 7) is 1.68. The van der Waals surface area contributed by atoms with Crippen LogP contribution in [0.4, 0.5) is 4.39 Å². The lowest BCUT2D eigenvalue weighted by atomic mass is 10.1. The van der Waals surface area contributed by atoms with E-state index in [4.69, 9.17) is 5.11 Å². The number of halogens is 1. The topological polar surface area (TPSA) is 37.3 Å². The lowest BCUT2D eigenvalue weighted by Gasteiger charge is -1.97. The van der Waals surface area contributed by atoms with Crippen LogP contribution in [0.1, 0.15) is 17.5 Å². The Bertz CT molecular complexity index is 370. The van der Waals surface area contributed by atoms with Gasteiger partial charge in [0.05, 0.1) is 6.42 Å². The van der Waals surface area contributed by atoms with E-state index in [0.29, 0.717) is 11.1 Å². The van der Waals surface area contributed by atoms with Crippen molar-refractivity contribution in [1.29, 1.82) is 0 Å². The summed E-state index contributed by atoms with van der Waals surface area (Å²) in [4.78, 5) is 10.2. The molecule has 0 saturated carbocycles. The van der Waals surface area contributed by atoms with Gasteiger partial charge in [-0.3, -0.25) is 4.79 Å². The van der Waals surface area contributed by atoms with Crippen LogP contribution in [0.2, 0.25) is 0 Å². The number of carbonyl (C=O) groups is 1. The van der Waals surface area contributed by atoms with Crippen LogP contribution in [0.3, 0.4) is 0 Å². The zero-order valence-electron chi connectivity index (χ0n) is 7.83. The number of carboxylic acids is 1. The molecule has 3 heteroatoms. The Morgan fingerprint density at radius 1 is 1.57 bits per heavy atom. The minimum Gasteiger partial charge on any atom is -0.481 e. The van der Waals surface area contributed by atoms with Gasteiger partial charge in [-0.1, -0.05) is 24.3 Å². The molecule has 0 atom stereocenters. The van der Waals surface area contributed by atoms with Gasteiger partial charge in [-0.05, 0) is 24.1 Å². The summed E-state index contributed by atoms with van der Waals surface area (Å²) in [5.74, 6) is -1.17. The van der Waals surface area contributed by atoms with E-state index >= 15 is 0 Å². The Labute approximate surface area is 81.7 Å². The third-order valence-electron chi connectivity index (χ3n) is 1.80. The molecule has 0 aliphatic heterocycles. The summed E-state index contributed by atoms with van der Waals surface area (Å²) in [5, 5.41) is 8.36. The Morgan fingerprint density at radius 2 is 2.29 bits per heavy atom. The van der Waals surface area contributed by atoms with E-state index < -0.39 is 5.97 Å². The Kier molecular flexibility index (Phi) is 3.40. The number of benzene rings is 1. The van der Waals surface area contributed by atoms with Gasteiger partial charge in [0.1, 0.15) is 5.82 Å². The van der Waals surface area contributed by atoms with Crippen LogP contribution in [-0.4, -0.2) is 11.1 Å². The molecule has 2 nitrogen and oxygen atoms in total. The van der Waals surface area contributed by atoms with Crippen molar-refractivity contribution in [2.24, 2.45) is 0 Å². The normalized spacial score (nSPS) is 10.7. The highest BCUT2D eigenvalue weighted by Gasteiger charge is 1.96. The van der Waals surface area contributed by atoms with Crippen molar-refractivity contribution in [3.63, 3.8) is 0 Å². The van der Waals surface area contributed by atoms with E-state index in [1.54, 1.807) is 25.1 Å². The number of aryl methyl sites for hydroxylation is 1. The molecule has 14 heavy (non-hydrogen) atoms. The molecule has 0 radical (unpaired) electrons. The Morgan fingerprint density at radius 3 is 2.86 bits per heavy atom. The van der Waals surface area contributed by atoms with E-state index in [-0.39, 0.29) is 12.2 Å². The van der Waals surface area contributed by atoms with E-state index in [9.17, 15) is 9.18 Å². The molecule has 0 aliphatic carbocycles. The SMILES string of the molecule is Cc1ccc(/C=C/CC(=O)O)cc1F. The van der Waals surface area contributed by atoms with Crippen molar-refractivity contribution in [1.82, 2.24) is 0 Å². The highest BCUT2D eigenvalue weighted by molar-refractivity contribution is 5.70. The summed E-state index contributed by atoms with van der Waals surface area (Å²) in [5.41, 5.74) is 1.26. The van der Waals surface area contributed by atoms with E-state index in [1.165, 1.54) is 12.1 Å². The fraction of sp³-hybridized carbons (Fsp3) is 0.182. The predicted molar refractivity (Wildman–Crippen MR) is 52.4 cm³/mol. The molecular formula is C11H11FO2. The molecule has 1 rings (SSSR count). The molecule has 0 aliphatic rings. The van der Waals surface area contributed by atoms with Crippen LogP contribution in [-0.2, 0) is 4.79 Å². The molecule has 0 bridgehead atoms. The van der Waals surface area contributed by atoms with Crippen molar-refractivity contribution >= 4 is 12.0 Å². The van der Waals surface area contributed by atoms with Crippen LogP contribution in [0.5, 0.6) is 0 Å². The van der Waals surface area contributed by atoms with Gasteiger partial charge in [0.15, 0.2) is 0 Å². The number of aliphatic carboxylic acids is 1. The number of hydrogen-bond acceptors (Lipinski definition) is 1. The third kappa shape index (κ3) is 3.01. The first kappa shape index (κ1) is 10.4.